The summed E-state index contributed by atoms with van der Waals surface area (Å²) in [6.07, 6.45) is 6.29. The van der Waals surface area contributed by atoms with Crippen molar-refractivity contribution in [2.24, 2.45) is 0 Å². The molecule has 0 spiro atoms. The minimum atomic E-state index is -0.0368. The summed E-state index contributed by atoms with van der Waals surface area (Å²) in [7, 11) is 0. The van der Waals surface area contributed by atoms with Gasteiger partial charge < -0.3 is 5.32 Å². The standard InChI is InChI=1S/C17H16N4O/c22-16(10-9-14-6-2-1-3-7-14)20-15-8-4-11-18-17(15)21-13-5-12-19-21/h1-8,11-13H,9-10H2,(H,20,22). The summed E-state index contributed by atoms with van der Waals surface area (Å²) in [6, 6.07) is 15.4. The largest absolute Gasteiger partial charge is 0.323 e. The molecule has 0 bridgehead atoms. The molecule has 2 heterocycles. The molecule has 1 N–H and O–H groups in total. The molecule has 1 amide bonds. The number of nitrogens with zero attached hydrogens (tertiary/aromatic N) is 3. The zero-order valence-electron chi connectivity index (χ0n) is 12.0. The van der Waals surface area contributed by atoms with Gasteiger partial charge in [-0.05, 0) is 30.2 Å². The average molecular weight is 292 g/mol. The first-order valence-electron chi connectivity index (χ1n) is 7.12. The minimum Gasteiger partial charge on any atom is -0.323 e. The van der Waals surface area contributed by atoms with Gasteiger partial charge in [-0.15, -0.1) is 0 Å². The zero-order valence-corrected chi connectivity index (χ0v) is 12.0. The van der Waals surface area contributed by atoms with Crippen LogP contribution in [-0.4, -0.2) is 20.7 Å². The van der Waals surface area contributed by atoms with Crippen molar-refractivity contribution in [3.05, 3.63) is 72.7 Å². The Hall–Kier alpha value is -2.95. The third kappa shape index (κ3) is 3.38. The third-order valence-corrected chi connectivity index (χ3v) is 3.27. The number of hydrogen-bond acceptors (Lipinski definition) is 3. The lowest BCUT2D eigenvalue weighted by molar-refractivity contribution is -0.116. The lowest BCUT2D eigenvalue weighted by Crippen LogP contribution is -2.15. The summed E-state index contributed by atoms with van der Waals surface area (Å²) in [5.41, 5.74) is 1.81. The van der Waals surface area contributed by atoms with Crippen LogP contribution in [0, 0.1) is 0 Å². The fourth-order valence-corrected chi connectivity index (χ4v) is 2.19. The molecule has 0 aliphatic rings. The van der Waals surface area contributed by atoms with Crippen molar-refractivity contribution in [2.75, 3.05) is 5.32 Å². The van der Waals surface area contributed by atoms with E-state index in [-0.39, 0.29) is 5.91 Å². The summed E-state index contributed by atoms with van der Waals surface area (Å²) in [5, 5.41) is 7.06. The lowest BCUT2D eigenvalue weighted by atomic mass is 10.1. The molecule has 0 aliphatic heterocycles. The van der Waals surface area contributed by atoms with Crippen LogP contribution in [0.3, 0.4) is 0 Å². The van der Waals surface area contributed by atoms with Crippen LogP contribution >= 0.6 is 0 Å². The lowest BCUT2D eigenvalue weighted by Gasteiger charge is -2.10. The fourth-order valence-electron chi connectivity index (χ4n) is 2.19. The zero-order chi connectivity index (χ0) is 15.2. The number of nitrogens with one attached hydrogen (secondary N) is 1. The Kier molecular flexibility index (Phi) is 4.25. The number of benzene rings is 1. The highest BCUT2D eigenvalue weighted by atomic mass is 16.1. The Bertz CT molecular complexity index is 738. The van der Waals surface area contributed by atoms with Crippen LogP contribution in [0.1, 0.15) is 12.0 Å². The molecule has 5 nitrogen and oxygen atoms in total. The smallest absolute Gasteiger partial charge is 0.224 e. The second kappa shape index (κ2) is 6.67. The van der Waals surface area contributed by atoms with Gasteiger partial charge in [0.25, 0.3) is 0 Å². The van der Waals surface area contributed by atoms with Crippen molar-refractivity contribution in [2.45, 2.75) is 12.8 Å². The van der Waals surface area contributed by atoms with Crippen LogP contribution in [0.25, 0.3) is 5.82 Å². The van der Waals surface area contributed by atoms with Crippen molar-refractivity contribution in [1.82, 2.24) is 14.8 Å². The Balaban J connectivity index is 1.67. The molecule has 5 heteroatoms. The van der Waals surface area contributed by atoms with Gasteiger partial charge in [-0.1, -0.05) is 30.3 Å². The molecule has 2 aromatic heterocycles. The van der Waals surface area contributed by atoms with E-state index in [0.29, 0.717) is 24.3 Å². The van der Waals surface area contributed by atoms with Crippen molar-refractivity contribution in [1.29, 1.82) is 0 Å². The van der Waals surface area contributed by atoms with E-state index >= 15 is 0 Å². The highest BCUT2D eigenvalue weighted by molar-refractivity contribution is 5.92. The van der Waals surface area contributed by atoms with Gasteiger partial charge in [0.1, 0.15) is 0 Å². The van der Waals surface area contributed by atoms with Gasteiger partial charge >= 0.3 is 0 Å². The van der Waals surface area contributed by atoms with E-state index in [1.807, 2.05) is 42.5 Å². The molecule has 0 fully saturated rings. The molecule has 110 valence electrons. The molecule has 0 radical (unpaired) electrons. The predicted molar refractivity (Wildman–Crippen MR) is 84.8 cm³/mol. The number of amides is 1. The molecule has 3 rings (SSSR count). The van der Waals surface area contributed by atoms with Crippen LogP contribution < -0.4 is 5.32 Å². The highest BCUT2D eigenvalue weighted by Crippen LogP contribution is 2.16. The van der Waals surface area contributed by atoms with Gasteiger partial charge in [-0.3, -0.25) is 4.79 Å². The second-order valence-electron chi connectivity index (χ2n) is 4.86. The summed E-state index contributed by atoms with van der Waals surface area (Å²) in [4.78, 5) is 16.4. The Morgan fingerprint density at radius 2 is 1.91 bits per heavy atom. The van der Waals surface area contributed by atoms with E-state index in [2.05, 4.69) is 15.4 Å². The number of carbonyl (C=O) groups is 1. The van der Waals surface area contributed by atoms with Crippen molar-refractivity contribution >= 4 is 11.6 Å². The first kappa shape index (κ1) is 14.0. The number of hydrogen-bond donors (Lipinski definition) is 1. The molecule has 0 aliphatic carbocycles. The summed E-state index contributed by atoms with van der Waals surface area (Å²) >= 11 is 0. The maximum atomic E-state index is 12.1. The van der Waals surface area contributed by atoms with Crippen LogP contribution in [0.5, 0.6) is 0 Å². The first-order chi connectivity index (χ1) is 10.8. The summed E-state index contributed by atoms with van der Waals surface area (Å²) in [5.74, 6) is 0.575. The van der Waals surface area contributed by atoms with Gasteiger partial charge in [0.15, 0.2) is 5.82 Å². The maximum absolute atomic E-state index is 12.1. The molecule has 0 saturated carbocycles. The SMILES string of the molecule is O=C(CCc1ccccc1)Nc1cccnc1-n1cccn1. The number of carbonyl (C=O) groups excluding carboxylic acids is 1. The molecule has 1 aromatic carbocycles. The van der Waals surface area contributed by atoms with Crippen LogP contribution in [-0.2, 0) is 11.2 Å². The molecular formula is C17H16N4O. The van der Waals surface area contributed by atoms with Gasteiger partial charge in [0, 0.05) is 25.0 Å². The second-order valence-corrected chi connectivity index (χ2v) is 4.86. The van der Waals surface area contributed by atoms with Crippen molar-refractivity contribution in [3.8, 4) is 5.82 Å². The minimum absolute atomic E-state index is 0.0368. The summed E-state index contributed by atoms with van der Waals surface area (Å²) < 4.78 is 1.63. The highest BCUT2D eigenvalue weighted by Gasteiger charge is 2.09. The average Bonchev–Trinajstić information content (AvgIpc) is 3.09. The van der Waals surface area contributed by atoms with Gasteiger partial charge in [-0.2, -0.15) is 5.10 Å². The van der Waals surface area contributed by atoms with E-state index in [1.165, 1.54) is 0 Å². The topological polar surface area (TPSA) is 59.8 Å². The predicted octanol–water partition coefficient (Wildman–Crippen LogP) is 2.84. The third-order valence-electron chi connectivity index (χ3n) is 3.27. The molecule has 22 heavy (non-hydrogen) atoms. The Morgan fingerprint density at radius 3 is 2.68 bits per heavy atom. The van der Waals surface area contributed by atoms with E-state index in [0.717, 1.165) is 5.56 Å². The molecule has 0 saturated heterocycles. The number of aromatic nitrogens is 3. The normalized spacial score (nSPS) is 10.4. The van der Waals surface area contributed by atoms with Gasteiger partial charge in [0.05, 0.1) is 5.69 Å². The van der Waals surface area contributed by atoms with E-state index < -0.39 is 0 Å². The molecular weight excluding hydrogens is 276 g/mol. The van der Waals surface area contributed by atoms with Crippen LogP contribution in [0.4, 0.5) is 5.69 Å². The van der Waals surface area contributed by atoms with E-state index in [9.17, 15) is 4.79 Å². The van der Waals surface area contributed by atoms with Gasteiger partial charge in [0.2, 0.25) is 5.91 Å². The quantitative estimate of drug-likeness (QED) is 0.786. The number of aryl methyl sites for hydroxylation is 1. The maximum Gasteiger partial charge on any atom is 0.224 e. The van der Waals surface area contributed by atoms with E-state index in [1.54, 1.807) is 29.3 Å². The molecule has 3 aromatic rings. The Labute approximate surface area is 128 Å². The van der Waals surface area contributed by atoms with Crippen LogP contribution in [0.2, 0.25) is 0 Å². The number of rotatable bonds is 5. The molecule has 0 unspecified atom stereocenters. The molecule has 0 atom stereocenters. The van der Waals surface area contributed by atoms with Crippen LogP contribution in [0.15, 0.2) is 67.1 Å². The van der Waals surface area contributed by atoms with Crippen molar-refractivity contribution in [3.63, 3.8) is 0 Å². The van der Waals surface area contributed by atoms with E-state index in [4.69, 9.17) is 0 Å². The monoisotopic (exact) mass is 292 g/mol. The van der Waals surface area contributed by atoms with Gasteiger partial charge in [-0.25, -0.2) is 9.67 Å². The Morgan fingerprint density at radius 1 is 1.05 bits per heavy atom. The number of anilines is 1. The fraction of sp³-hybridized carbons (Fsp3) is 0.118. The van der Waals surface area contributed by atoms with Crippen molar-refractivity contribution < 1.29 is 4.79 Å². The number of pyridine rings is 1. The first-order valence-corrected chi connectivity index (χ1v) is 7.12. The summed E-state index contributed by atoms with van der Waals surface area (Å²) in [6.45, 7) is 0.